The van der Waals surface area contributed by atoms with E-state index < -0.39 is 40.6 Å². The topological polar surface area (TPSA) is 99.2 Å². The van der Waals surface area contributed by atoms with Crippen LogP contribution < -0.4 is 14.4 Å². The third kappa shape index (κ3) is 9.78. The number of hydrogen-bond donors (Lipinski definition) is 2. The van der Waals surface area contributed by atoms with E-state index in [2.05, 4.69) is 4.74 Å². The Bertz CT molecular complexity index is 1540. The van der Waals surface area contributed by atoms with Crippen LogP contribution in [0, 0.1) is 0 Å². The zero-order valence-electron chi connectivity index (χ0n) is 22.5. The van der Waals surface area contributed by atoms with Crippen molar-refractivity contribution in [1.29, 1.82) is 0 Å². The Morgan fingerprint density at radius 3 is 2.16 bits per heavy atom. The fraction of sp³-hybridized carbons (Fsp3) is 0.321. The minimum absolute atomic E-state index is 0.0306. The molecule has 0 bridgehead atoms. The molecule has 4 rings (SSSR count). The highest BCUT2D eigenvalue weighted by Gasteiger charge is 2.32. The summed E-state index contributed by atoms with van der Waals surface area (Å²) in [6.07, 6.45) is -11.1. The Kier molecular flexibility index (Phi) is 9.44. The third-order valence-corrected chi connectivity index (χ3v) is 7.79. The van der Waals surface area contributed by atoms with Gasteiger partial charge in [-0.05, 0) is 71.3 Å². The van der Waals surface area contributed by atoms with Crippen LogP contribution >= 0.6 is 0 Å². The van der Waals surface area contributed by atoms with E-state index in [1.165, 1.54) is 36.4 Å². The number of rotatable bonds is 9. The maximum Gasteiger partial charge on any atom is 0.573 e. The molecule has 43 heavy (non-hydrogen) atoms. The van der Waals surface area contributed by atoms with Gasteiger partial charge in [-0.1, -0.05) is 12.1 Å². The van der Waals surface area contributed by atoms with Crippen molar-refractivity contribution in [2.75, 3.05) is 36.8 Å². The van der Waals surface area contributed by atoms with Gasteiger partial charge in [0.05, 0.1) is 12.2 Å². The normalized spacial score (nSPS) is 14.9. The number of carbonyl (C=O) groups excluding carboxylic acids is 1. The number of sulfonamides is 1. The monoisotopic (exact) mass is 631 g/mol. The van der Waals surface area contributed by atoms with Gasteiger partial charge in [0, 0.05) is 44.0 Å². The van der Waals surface area contributed by atoms with Gasteiger partial charge in [-0.25, -0.2) is 13.1 Å². The first-order valence-electron chi connectivity index (χ1n) is 12.9. The van der Waals surface area contributed by atoms with Crippen molar-refractivity contribution in [1.82, 2.24) is 9.62 Å². The Balaban J connectivity index is 1.37. The molecule has 15 heteroatoms. The number of benzene rings is 3. The number of aromatic hydroxyl groups is 1. The highest BCUT2D eigenvalue weighted by atomic mass is 32.2. The average Bonchev–Trinajstić information content (AvgIpc) is 2.91. The molecule has 1 saturated heterocycles. The summed E-state index contributed by atoms with van der Waals surface area (Å²) >= 11 is 0. The average molecular weight is 632 g/mol. The van der Waals surface area contributed by atoms with Crippen LogP contribution in [0.1, 0.15) is 22.3 Å². The van der Waals surface area contributed by atoms with E-state index >= 15 is 0 Å². The third-order valence-electron chi connectivity index (χ3n) is 6.55. The Morgan fingerprint density at radius 2 is 1.56 bits per heavy atom. The van der Waals surface area contributed by atoms with Crippen LogP contribution in [0.15, 0.2) is 66.7 Å². The molecule has 232 valence electrons. The summed E-state index contributed by atoms with van der Waals surface area (Å²) in [6.45, 7) is 2.50. The first-order chi connectivity index (χ1) is 20.1. The van der Waals surface area contributed by atoms with Crippen molar-refractivity contribution in [3.63, 3.8) is 0 Å². The van der Waals surface area contributed by atoms with Crippen LogP contribution in [0.4, 0.5) is 32.0 Å². The predicted octanol–water partition coefficient (Wildman–Crippen LogP) is 5.29. The van der Waals surface area contributed by atoms with E-state index in [0.29, 0.717) is 49.4 Å². The Morgan fingerprint density at radius 1 is 0.884 bits per heavy atom. The summed E-state index contributed by atoms with van der Waals surface area (Å²) in [5, 5.41) is 9.81. The minimum atomic E-state index is -4.88. The fourth-order valence-corrected chi connectivity index (χ4v) is 5.55. The molecule has 8 nitrogen and oxygen atoms in total. The summed E-state index contributed by atoms with van der Waals surface area (Å²) in [5.74, 6) is -2.71. The number of hydrogen-bond acceptors (Lipinski definition) is 7. The molecule has 3 aromatic rings. The molecule has 1 aliphatic rings. The SMILES string of the molecule is O=C(NS(=O)(=O)CCC(F)(F)F)c1ccc(N2CCN(Cc3cc(OC(F)(F)F)cc(-c4cccc(O)c4)c3)CC2)cc1. The smallest absolute Gasteiger partial charge is 0.508 e. The highest BCUT2D eigenvalue weighted by Crippen LogP contribution is 2.32. The Hall–Kier alpha value is -3.98. The quantitative estimate of drug-likeness (QED) is 0.310. The Labute approximate surface area is 243 Å². The highest BCUT2D eigenvalue weighted by molar-refractivity contribution is 7.90. The van der Waals surface area contributed by atoms with E-state index in [1.807, 2.05) is 9.80 Å². The van der Waals surface area contributed by atoms with Crippen LogP contribution in [0.25, 0.3) is 11.1 Å². The molecule has 0 aliphatic carbocycles. The number of amides is 1. The largest absolute Gasteiger partial charge is 0.573 e. The summed E-state index contributed by atoms with van der Waals surface area (Å²) < 4.78 is 105. The molecule has 0 saturated carbocycles. The lowest BCUT2D eigenvalue weighted by Crippen LogP contribution is -2.46. The van der Waals surface area contributed by atoms with Gasteiger partial charge in [-0.2, -0.15) is 13.2 Å². The first-order valence-corrected chi connectivity index (χ1v) is 14.6. The van der Waals surface area contributed by atoms with Crippen LogP contribution in [-0.2, 0) is 16.6 Å². The van der Waals surface area contributed by atoms with Crippen LogP contribution in [-0.4, -0.2) is 68.8 Å². The number of halogens is 6. The molecule has 1 fully saturated rings. The second-order valence-corrected chi connectivity index (χ2v) is 11.7. The van der Waals surface area contributed by atoms with Crippen LogP contribution in [0.2, 0.25) is 0 Å². The molecule has 1 heterocycles. The van der Waals surface area contributed by atoms with Crippen molar-refractivity contribution >= 4 is 21.6 Å². The number of ether oxygens (including phenoxy) is 1. The summed E-state index contributed by atoms with van der Waals surface area (Å²) in [4.78, 5) is 16.3. The molecule has 3 aromatic carbocycles. The van der Waals surface area contributed by atoms with Gasteiger partial charge >= 0.3 is 12.5 Å². The molecular weight excluding hydrogens is 604 g/mol. The van der Waals surface area contributed by atoms with Crippen molar-refractivity contribution < 1.29 is 49.4 Å². The summed E-state index contributed by atoms with van der Waals surface area (Å²) in [5.41, 5.74) is 2.23. The lowest BCUT2D eigenvalue weighted by atomic mass is 10.0. The zero-order chi connectivity index (χ0) is 31.4. The number of carbonyl (C=O) groups is 1. The summed E-state index contributed by atoms with van der Waals surface area (Å²) in [7, 11) is -4.47. The fourth-order valence-electron chi connectivity index (χ4n) is 4.54. The molecule has 0 unspecified atom stereocenters. The van der Waals surface area contributed by atoms with Crippen molar-refractivity contribution in [2.24, 2.45) is 0 Å². The number of piperazine rings is 1. The van der Waals surface area contributed by atoms with Gasteiger partial charge in [0.1, 0.15) is 11.5 Å². The van der Waals surface area contributed by atoms with Gasteiger partial charge in [0.15, 0.2) is 0 Å². The lowest BCUT2D eigenvalue weighted by molar-refractivity contribution is -0.274. The predicted molar refractivity (Wildman–Crippen MR) is 146 cm³/mol. The first kappa shape index (κ1) is 31.9. The van der Waals surface area contributed by atoms with Gasteiger partial charge in [-0.15, -0.1) is 13.2 Å². The van der Waals surface area contributed by atoms with E-state index in [4.69, 9.17) is 0 Å². The standard InChI is InChI=1S/C28H27F6N3O5S/c29-27(30,31)8-13-43(40,41)35-26(39)20-4-6-23(7-5-20)37-11-9-36(10-12-37)18-19-14-22(21-2-1-3-24(38)16-21)17-25(15-19)42-28(32,33)34/h1-7,14-17,38H,8-13,18H2,(H,35,39). The maximum absolute atomic E-state index is 13.0. The molecule has 0 spiro atoms. The van der Waals surface area contributed by atoms with Crippen LogP contribution in [0.5, 0.6) is 11.5 Å². The molecule has 0 aromatic heterocycles. The van der Waals surface area contributed by atoms with Gasteiger partial charge in [0.25, 0.3) is 5.91 Å². The second-order valence-electron chi connectivity index (χ2n) is 9.89. The number of nitrogens with one attached hydrogen (secondary N) is 1. The van der Waals surface area contributed by atoms with Gasteiger partial charge in [0.2, 0.25) is 10.0 Å². The number of phenols is 1. The van der Waals surface area contributed by atoms with Crippen molar-refractivity contribution in [2.45, 2.75) is 25.5 Å². The van der Waals surface area contributed by atoms with E-state index in [0.717, 1.165) is 5.69 Å². The zero-order valence-corrected chi connectivity index (χ0v) is 23.3. The molecule has 0 radical (unpaired) electrons. The van der Waals surface area contributed by atoms with E-state index in [9.17, 15) is 44.7 Å². The van der Waals surface area contributed by atoms with E-state index in [-0.39, 0.29) is 17.1 Å². The molecular formula is C28H27F6N3O5S. The van der Waals surface area contributed by atoms with Gasteiger partial charge in [-0.3, -0.25) is 9.69 Å². The molecule has 0 atom stereocenters. The van der Waals surface area contributed by atoms with Crippen molar-refractivity contribution in [3.8, 4) is 22.6 Å². The van der Waals surface area contributed by atoms with E-state index in [1.54, 1.807) is 35.1 Å². The second kappa shape index (κ2) is 12.7. The minimum Gasteiger partial charge on any atom is -0.508 e. The summed E-state index contributed by atoms with van der Waals surface area (Å²) in [6, 6.07) is 16.4. The van der Waals surface area contributed by atoms with Crippen LogP contribution in [0.3, 0.4) is 0 Å². The number of alkyl halides is 6. The molecule has 2 N–H and O–H groups in total. The number of phenolic OH excluding ortho intramolecular Hbond substituents is 1. The number of anilines is 1. The molecule has 1 aliphatic heterocycles. The van der Waals surface area contributed by atoms with Gasteiger partial charge < -0.3 is 14.7 Å². The lowest BCUT2D eigenvalue weighted by Gasteiger charge is -2.36. The maximum atomic E-state index is 13.0. The number of nitrogens with zero attached hydrogens (tertiary/aromatic N) is 2. The molecule has 1 amide bonds. The van der Waals surface area contributed by atoms with Crippen molar-refractivity contribution in [3.05, 3.63) is 77.9 Å².